The SMILES string of the molecule is CNC(=O)c1cc(C)c(OCCCN2CCN(c3cccc4sccc34)CC2)c(O)c1. The van der Waals surface area contributed by atoms with Crippen LogP contribution in [0.4, 0.5) is 5.69 Å². The van der Waals surface area contributed by atoms with Crippen molar-refractivity contribution in [1.82, 2.24) is 10.2 Å². The van der Waals surface area contributed by atoms with E-state index in [-0.39, 0.29) is 11.7 Å². The van der Waals surface area contributed by atoms with Gasteiger partial charge in [-0.2, -0.15) is 0 Å². The Morgan fingerprint density at radius 3 is 2.74 bits per heavy atom. The van der Waals surface area contributed by atoms with Gasteiger partial charge in [0.15, 0.2) is 11.5 Å². The third-order valence-corrected chi connectivity index (χ3v) is 6.68. The number of phenolic OH excluding ortho intramolecular Hbond substituents is 1. The summed E-state index contributed by atoms with van der Waals surface area (Å²) in [6.07, 6.45) is 0.885. The second-order valence-corrected chi connectivity index (χ2v) is 8.81. The number of nitrogens with one attached hydrogen (secondary N) is 1. The molecular formula is C24H29N3O3S. The van der Waals surface area contributed by atoms with Crippen LogP contribution in [-0.4, -0.2) is 62.3 Å². The predicted octanol–water partition coefficient (Wildman–Crippen LogP) is 3.87. The number of nitrogens with zero attached hydrogens (tertiary/aromatic N) is 2. The number of ether oxygens (including phenoxy) is 1. The Balaban J connectivity index is 1.25. The van der Waals surface area contributed by atoms with Gasteiger partial charge in [0.1, 0.15) is 0 Å². The molecule has 0 saturated carbocycles. The van der Waals surface area contributed by atoms with Crippen LogP contribution in [0.2, 0.25) is 0 Å². The first-order valence-electron chi connectivity index (χ1n) is 10.7. The van der Waals surface area contributed by atoms with Crippen molar-refractivity contribution in [3.05, 3.63) is 52.9 Å². The molecule has 7 heteroatoms. The van der Waals surface area contributed by atoms with Gasteiger partial charge < -0.3 is 20.1 Å². The maximum absolute atomic E-state index is 11.8. The van der Waals surface area contributed by atoms with Gasteiger partial charge in [-0.15, -0.1) is 11.3 Å². The summed E-state index contributed by atoms with van der Waals surface area (Å²) >= 11 is 1.79. The lowest BCUT2D eigenvalue weighted by Gasteiger charge is -2.36. The van der Waals surface area contributed by atoms with E-state index in [9.17, 15) is 9.90 Å². The lowest BCUT2D eigenvalue weighted by molar-refractivity contribution is 0.0962. The van der Waals surface area contributed by atoms with Crippen molar-refractivity contribution in [2.45, 2.75) is 13.3 Å². The number of hydrogen-bond donors (Lipinski definition) is 2. The number of rotatable bonds is 7. The van der Waals surface area contributed by atoms with E-state index in [0.717, 1.165) is 44.7 Å². The molecule has 2 N–H and O–H groups in total. The Labute approximate surface area is 187 Å². The first-order valence-corrected chi connectivity index (χ1v) is 11.6. The monoisotopic (exact) mass is 439 g/mol. The molecular weight excluding hydrogens is 410 g/mol. The molecule has 4 rings (SSSR count). The van der Waals surface area contributed by atoms with E-state index in [2.05, 4.69) is 44.8 Å². The number of fused-ring (bicyclic) bond motifs is 1. The fraction of sp³-hybridized carbons (Fsp3) is 0.375. The van der Waals surface area contributed by atoms with Crippen molar-refractivity contribution in [3.8, 4) is 11.5 Å². The molecule has 1 aromatic heterocycles. The van der Waals surface area contributed by atoms with E-state index >= 15 is 0 Å². The number of aryl methyl sites for hydroxylation is 1. The topological polar surface area (TPSA) is 65.0 Å². The molecule has 1 aliphatic heterocycles. The average Bonchev–Trinajstić information content (AvgIpc) is 3.27. The summed E-state index contributed by atoms with van der Waals surface area (Å²) in [5.41, 5.74) is 2.53. The van der Waals surface area contributed by atoms with Crippen LogP contribution in [0.15, 0.2) is 41.8 Å². The maximum Gasteiger partial charge on any atom is 0.251 e. The highest BCUT2D eigenvalue weighted by atomic mass is 32.1. The highest BCUT2D eigenvalue weighted by molar-refractivity contribution is 7.17. The van der Waals surface area contributed by atoms with Gasteiger partial charge in [0, 0.05) is 61.1 Å². The molecule has 0 spiro atoms. The first-order chi connectivity index (χ1) is 15.1. The van der Waals surface area contributed by atoms with Crippen molar-refractivity contribution >= 4 is 33.0 Å². The Bertz CT molecular complexity index is 1030. The zero-order valence-corrected chi connectivity index (χ0v) is 18.9. The Morgan fingerprint density at radius 2 is 2.00 bits per heavy atom. The number of amides is 1. The van der Waals surface area contributed by atoms with Gasteiger partial charge in [-0.3, -0.25) is 9.69 Å². The zero-order valence-electron chi connectivity index (χ0n) is 18.1. The van der Waals surface area contributed by atoms with Crippen molar-refractivity contribution < 1.29 is 14.6 Å². The number of piperazine rings is 1. The summed E-state index contributed by atoms with van der Waals surface area (Å²) in [6, 6.07) is 12.0. The number of hydrogen-bond acceptors (Lipinski definition) is 6. The average molecular weight is 440 g/mol. The summed E-state index contributed by atoms with van der Waals surface area (Å²) in [5.74, 6) is 0.246. The highest BCUT2D eigenvalue weighted by Gasteiger charge is 2.19. The number of carbonyl (C=O) groups excluding carboxylic acids is 1. The zero-order chi connectivity index (χ0) is 21.8. The molecule has 164 valence electrons. The molecule has 31 heavy (non-hydrogen) atoms. The predicted molar refractivity (Wildman–Crippen MR) is 127 cm³/mol. The molecule has 6 nitrogen and oxygen atoms in total. The van der Waals surface area contributed by atoms with Crippen molar-refractivity contribution in [2.75, 3.05) is 51.3 Å². The summed E-state index contributed by atoms with van der Waals surface area (Å²) in [5, 5.41) is 16.3. The molecule has 3 aromatic rings. The molecule has 2 aromatic carbocycles. The summed E-state index contributed by atoms with van der Waals surface area (Å²) in [7, 11) is 1.57. The lowest BCUT2D eigenvalue weighted by atomic mass is 10.1. The largest absolute Gasteiger partial charge is 0.504 e. The Morgan fingerprint density at radius 1 is 1.19 bits per heavy atom. The third kappa shape index (κ3) is 4.78. The minimum absolute atomic E-state index is 0.00909. The summed E-state index contributed by atoms with van der Waals surface area (Å²) in [6.45, 7) is 7.45. The molecule has 2 heterocycles. The number of benzene rings is 2. The molecule has 0 aliphatic carbocycles. The maximum atomic E-state index is 11.8. The second kappa shape index (κ2) is 9.58. The van der Waals surface area contributed by atoms with E-state index in [4.69, 9.17) is 4.74 Å². The number of aromatic hydroxyl groups is 1. The minimum atomic E-state index is -0.223. The van der Waals surface area contributed by atoms with Gasteiger partial charge >= 0.3 is 0 Å². The van der Waals surface area contributed by atoms with Gasteiger partial charge in [-0.05, 0) is 54.6 Å². The summed E-state index contributed by atoms with van der Waals surface area (Å²) < 4.78 is 7.19. The van der Waals surface area contributed by atoms with Crippen molar-refractivity contribution in [1.29, 1.82) is 0 Å². The molecule has 0 radical (unpaired) electrons. The van der Waals surface area contributed by atoms with Crippen LogP contribution in [0, 0.1) is 6.92 Å². The van der Waals surface area contributed by atoms with Gasteiger partial charge in [-0.25, -0.2) is 0 Å². The fourth-order valence-corrected chi connectivity index (χ4v) is 4.95. The second-order valence-electron chi connectivity index (χ2n) is 7.86. The standard InChI is InChI=1S/C24H29N3O3S/c1-17-15-18(24(29)25-2)16-21(28)23(17)30-13-4-8-26-9-11-27(12-10-26)20-5-3-6-22-19(20)7-14-31-22/h3,5-7,14-16,28H,4,8-13H2,1-2H3,(H,25,29). The van der Waals surface area contributed by atoms with Crippen LogP contribution in [-0.2, 0) is 0 Å². The number of anilines is 1. The van der Waals surface area contributed by atoms with Crippen LogP contribution in [0.3, 0.4) is 0 Å². The number of phenols is 1. The van der Waals surface area contributed by atoms with Gasteiger partial charge in [0.2, 0.25) is 0 Å². The van der Waals surface area contributed by atoms with Crippen LogP contribution >= 0.6 is 11.3 Å². The van der Waals surface area contributed by atoms with Gasteiger partial charge in [-0.1, -0.05) is 6.07 Å². The van der Waals surface area contributed by atoms with Crippen LogP contribution < -0.4 is 15.0 Å². The van der Waals surface area contributed by atoms with Crippen LogP contribution in [0.1, 0.15) is 22.3 Å². The third-order valence-electron chi connectivity index (χ3n) is 5.80. The molecule has 1 amide bonds. The normalized spacial score (nSPS) is 14.7. The highest BCUT2D eigenvalue weighted by Crippen LogP contribution is 2.32. The molecule has 0 unspecified atom stereocenters. The van der Waals surface area contributed by atoms with E-state index in [0.29, 0.717) is 17.9 Å². The molecule has 1 saturated heterocycles. The molecule has 1 aliphatic rings. The number of carbonyl (C=O) groups is 1. The smallest absolute Gasteiger partial charge is 0.251 e. The Hall–Kier alpha value is -2.77. The van der Waals surface area contributed by atoms with Crippen molar-refractivity contribution in [2.24, 2.45) is 0 Å². The van der Waals surface area contributed by atoms with E-state index in [1.54, 1.807) is 24.5 Å². The van der Waals surface area contributed by atoms with E-state index in [1.165, 1.54) is 21.8 Å². The van der Waals surface area contributed by atoms with Gasteiger partial charge in [0.05, 0.1) is 6.61 Å². The molecule has 1 fully saturated rings. The fourth-order valence-electron chi connectivity index (χ4n) is 4.15. The van der Waals surface area contributed by atoms with Gasteiger partial charge in [0.25, 0.3) is 5.91 Å². The van der Waals surface area contributed by atoms with Crippen LogP contribution in [0.25, 0.3) is 10.1 Å². The summed E-state index contributed by atoms with van der Waals surface area (Å²) in [4.78, 5) is 16.7. The van der Waals surface area contributed by atoms with E-state index < -0.39 is 0 Å². The molecule has 0 atom stereocenters. The Kier molecular flexibility index (Phi) is 6.63. The molecule has 0 bridgehead atoms. The first kappa shape index (κ1) is 21.5. The van der Waals surface area contributed by atoms with E-state index in [1.807, 2.05) is 6.92 Å². The van der Waals surface area contributed by atoms with Crippen molar-refractivity contribution in [3.63, 3.8) is 0 Å². The number of thiophene rings is 1. The lowest BCUT2D eigenvalue weighted by Crippen LogP contribution is -2.46. The van der Waals surface area contributed by atoms with Crippen LogP contribution in [0.5, 0.6) is 11.5 Å². The minimum Gasteiger partial charge on any atom is -0.504 e. The quantitative estimate of drug-likeness (QED) is 0.547.